The van der Waals surface area contributed by atoms with Crippen molar-refractivity contribution in [3.05, 3.63) is 35.9 Å². The van der Waals surface area contributed by atoms with Crippen molar-refractivity contribution < 1.29 is 19.1 Å². The van der Waals surface area contributed by atoms with Gasteiger partial charge in [0, 0.05) is 6.61 Å². The molecule has 0 unspecified atom stereocenters. The molecule has 0 saturated carbocycles. The van der Waals surface area contributed by atoms with Crippen LogP contribution in [0.1, 0.15) is 30.7 Å². The van der Waals surface area contributed by atoms with Gasteiger partial charge in [0.25, 0.3) is 0 Å². The first-order chi connectivity index (χ1) is 13.1. The summed E-state index contributed by atoms with van der Waals surface area (Å²) in [5.41, 5.74) is 6.53. The number of hydrogen-bond donors (Lipinski definition) is 2. The third-order valence-corrected chi connectivity index (χ3v) is 5.30. The lowest BCUT2D eigenvalue weighted by Crippen LogP contribution is -2.53. The molecular weight excluding hydrogens is 346 g/mol. The second-order valence-electron chi connectivity index (χ2n) is 7.31. The highest BCUT2D eigenvalue weighted by atomic mass is 16.5. The van der Waals surface area contributed by atoms with Crippen LogP contribution < -0.4 is 11.1 Å². The molecule has 1 aromatic carbocycles. The first kappa shape index (κ1) is 19.8. The molecule has 2 amide bonds. The van der Waals surface area contributed by atoms with Crippen LogP contribution >= 0.6 is 0 Å². The summed E-state index contributed by atoms with van der Waals surface area (Å²) in [4.78, 5) is 25.6. The van der Waals surface area contributed by atoms with Crippen LogP contribution in [0.3, 0.4) is 0 Å². The second kappa shape index (κ2) is 9.82. The van der Waals surface area contributed by atoms with Gasteiger partial charge in [-0.1, -0.05) is 30.3 Å². The van der Waals surface area contributed by atoms with Gasteiger partial charge < -0.3 is 20.5 Å². The van der Waals surface area contributed by atoms with Gasteiger partial charge in [-0.05, 0) is 43.8 Å². The summed E-state index contributed by atoms with van der Waals surface area (Å²) in [6.07, 6.45) is 2.53. The van der Waals surface area contributed by atoms with Crippen molar-refractivity contribution >= 4 is 11.8 Å². The largest absolute Gasteiger partial charge is 0.379 e. The number of ether oxygens (including phenoxy) is 2. The van der Waals surface area contributed by atoms with E-state index in [0.717, 1.165) is 25.9 Å². The third kappa shape index (κ3) is 6.02. The maximum absolute atomic E-state index is 12.5. The van der Waals surface area contributed by atoms with Gasteiger partial charge in [-0.3, -0.25) is 14.5 Å². The molecule has 148 valence electrons. The zero-order chi connectivity index (χ0) is 19.1. The summed E-state index contributed by atoms with van der Waals surface area (Å²) in [5.74, 6) is 0.0352. The van der Waals surface area contributed by atoms with Crippen molar-refractivity contribution in [1.82, 2.24) is 10.2 Å². The van der Waals surface area contributed by atoms with Gasteiger partial charge >= 0.3 is 0 Å². The van der Waals surface area contributed by atoms with E-state index in [0.29, 0.717) is 32.1 Å². The molecule has 0 aromatic heterocycles. The number of hydrogen-bond acceptors (Lipinski definition) is 5. The van der Waals surface area contributed by atoms with Gasteiger partial charge in [0.1, 0.15) is 6.61 Å². The lowest BCUT2D eigenvalue weighted by Gasteiger charge is -2.34. The van der Waals surface area contributed by atoms with Crippen molar-refractivity contribution in [2.75, 3.05) is 39.5 Å². The molecular formula is C20H29N3O4. The predicted octanol–water partition coefficient (Wildman–Crippen LogP) is 0.642. The Morgan fingerprint density at radius 2 is 1.93 bits per heavy atom. The third-order valence-electron chi connectivity index (χ3n) is 5.30. The molecule has 2 atom stereocenters. The molecule has 2 heterocycles. The van der Waals surface area contributed by atoms with E-state index >= 15 is 0 Å². The van der Waals surface area contributed by atoms with Crippen LogP contribution in [0.25, 0.3) is 0 Å². The van der Waals surface area contributed by atoms with Crippen LogP contribution in [0.15, 0.2) is 30.3 Å². The second-order valence-corrected chi connectivity index (χ2v) is 7.31. The maximum atomic E-state index is 12.5. The summed E-state index contributed by atoms with van der Waals surface area (Å²) in [6.45, 7) is 3.02. The molecule has 0 spiro atoms. The molecule has 3 rings (SSSR count). The predicted molar refractivity (Wildman–Crippen MR) is 101 cm³/mol. The molecule has 0 aliphatic carbocycles. The van der Waals surface area contributed by atoms with E-state index in [1.165, 1.54) is 5.56 Å². The standard InChI is InChI=1S/C20H29N3O4/c21-19(24)14-27-18-8-11-26-13-17(18)22-20(25)12-23-9-6-16(7-10-23)15-4-2-1-3-5-15/h1-5,16-18H,6-14H2,(H2,21,24)(H,22,25)/t17-,18+/m0/s1. The van der Waals surface area contributed by atoms with Crippen molar-refractivity contribution in [3.63, 3.8) is 0 Å². The Morgan fingerprint density at radius 3 is 2.63 bits per heavy atom. The van der Waals surface area contributed by atoms with E-state index in [9.17, 15) is 9.59 Å². The minimum Gasteiger partial charge on any atom is -0.379 e. The molecule has 2 fully saturated rings. The average Bonchev–Trinajstić information content (AvgIpc) is 2.68. The fourth-order valence-corrected chi connectivity index (χ4v) is 3.85. The number of nitrogens with zero attached hydrogens (tertiary/aromatic N) is 1. The number of primary amides is 1. The quantitative estimate of drug-likeness (QED) is 0.730. The molecule has 1 aromatic rings. The van der Waals surface area contributed by atoms with E-state index in [2.05, 4.69) is 34.5 Å². The van der Waals surface area contributed by atoms with Crippen LogP contribution in [0.4, 0.5) is 0 Å². The number of amides is 2. The number of likely N-dealkylation sites (tertiary alicyclic amines) is 1. The Labute approximate surface area is 160 Å². The number of nitrogens with one attached hydrogen (secondary N) is 1. The van der Waals surface area contributed by atoms with Gasteiger partial charge in [-0.15, -0.1) is 0 Å². The molecule has 3 N–H and O–H groups in total. The van der Waals surface area contributed by atoms with Crippen LogP contribution in [0, 0.1) is 0 Å². The van der Waals surface area contributed by atoms with Gasteiger partial charge in [0.15, 0.2) is 0 Å². The van der Waals surface area contributed by atoms with E-state index in [1.54, 1.807) is 0 Å². The summed E-state index contributed by atoms with van der Waals surface area (Å²) in [6, 6.07) is 10.3. The molecule has 2 aliphatic heterocycles. The summed E-state index contributed by atoms with van der Waals surface area (Å²) >= 11 is 0. The zero-order valence-electron chi connectivity index (χ0n) is 15.6. The highest BCUT2D eigenvalue weighted by Crippen LogP contribution is 2.27. The summed E-state index contributed by atoms with van der Waals surface area (Å²) in [7, 11) is 0. The van der Waals surface area contributed by atoms with Gasteiger partial charge in [0.05, 0.1) is 25.3 Å². The van der Waals surface area contributed by atoms with E-state index in [1.807, 2.05) is 6.07 Å². The van der Waals surface area contributed by atoms with Crippen molar-refractivity contribution in [3.8, 4) is 0 Å². The first-order valence-electron chi connectivity index (χ1n) is 9.66. The van der Waals surface area contributed by atoms with Crippen molar-refractivity contribution in [1.29, 1.82) is 0 Å². The van der Waals surface area contributed by atoms with Crippen LogP contribution in [-0.4, -0.2) is 68.3 Å². The normalized spacial score (nSPS) is 24.4. The molecule has 0 bridgehead atoms. The van der Waals surface area contributed by atoms with Gasteiger partial charge in [0.2, 0.25) is 11.8 Å². The lowest BCUT2D eigenvalue weighted by molar-refractivity contribution is -0.132. The van der Waals surface area contributed by atoms with E-state index in [-0.39, 0.29) is 24.7 Å². The number of carbonyl (C=O) groups excluding carboxylic acids is 2. The highest BCUT2D eigenvalue weighted by molar-refractivity contribution is 5.78. The smallest absolute Gasteiger partial charge is 0.243 e. The zero-order valence-corrected chi connectivity index (χ0v) is 15.6. The Morgan fingerprint density at radius 1 is 1.19 bits per heavy atom. The van der Waals surface area contributed by atoms with Gasteiger partial charge in [-0.25, -0.2) is 0 Å². The fourth-order valence-electron chi connectivity index (χ4n) is 3.85. The average molecular weight is 375 g/mol. The minimum absolute atomic E-state index is 0.0312. The van der Waals surface area contributed by atoms with Gasteiger partial charge in [-0.2, -0.15) is 0 Å². The number of benzene rings is 1. The number of piperidine rings is 1. The summed E-state index contributed by atoms with van der Waals surface area (Å²) in [5, 5.41) is 3.00. The molecule has 7 heteroatoms. The Balaban J connectivity index is 1.43. The highest BCUT2D eigenvalue weighted by Gasteiger charge is 2.29. The number of nitrogens with two attached hydrogens (primary N) is 1. The minimum atomic E-state index is -0.507. The van der Waals surface area contributed by atoms with Crippen molar-refractivity contribution in [2.24, 2.45) is 5.73 Å². The summed E-state index contributed by atoms with van der Waals surface area (Å²) < 4.78 is 11.0. The topological polar surface area (TPSA) is 93.9 Å². The van der Waals surface area contributed by atoms with E-state index < -0.39 is 5.91 Å². The first-order valence-corrected chi connectivity index (χ1v) is 9.66. The molecule has 7 nitrogen and oxygen atoms in total. The Kier molecular flexibility index (Phi) is 7.20. The monoisotopic (exact) mass is 375 g/mol. The van der Waals surface area contributed by atoms with Crippen LogP contribution in [0.5, 0.6) is 0 Å². The fraction of sp³-hybridized carbons (Fsp3) is 0.600. The molecule has 0 radical (unpaired) electrons. The van der Waals surface area contributed by atoms with Crippen molar-refractivity contribution in [2.45, 2.75) is 37.3 Å². The van der Waals surface area contributed by atoms with Crippen LogP contribution in [0.2, 0.25) is 0 Å². The Hall–Kier alpha value is -1.96. The van der Waals surface area contributed by atoms with Crippen LogP contribution in [-0.2, 0) is 19.1 Å². The Bertz CT molecular complexity index is 617. The number of carbonyl (C=O) groups is 2. The molecule has 2 saturated heterocycles. The SMILES string of the molecule is NC(=O)CO[C@@H]1CCOC[C@@H]1NC(=O)CN1CCC(c2ccccc2)CC1. The maximum Gasteiger partial charge on any atom is 0.243 e. The van der Waals surface area contributed by atoms with E-state index in [4.69, 9.17) is 15.2 Å². The lowest BCUT2D eigenvalue weighted by atomic mass is 9.89. The molecule has 2 aliphatic rings. The number of rotatable bonds is 7. The molecule has 27 heavy (non-hydrogen) atoms.